The number of aromatic nitrogens is 1. The maximum absolute atomic E-state index is 12.7. The van der Waals surface area contributed by atoms with Gasteiger partial charge >= 0.3 is 5.97 Å². The summed E-state index contributed by atoms with van der Waals surface area (Å²) in [6.07, 6.45) is 0.266. The summed E-state index contributed by atoms with van der Waals surface area (Å²) in [5.74, 6) is -0.151. The van der Waals surface area contributed by atoms with Gasteiger partial charge in [0.15, 0.2) is 5.13 Å². The normalized spacial score (nSPS) is 14.1. The summed E-state index contributed by atoms with van der Waals surface area (Å²) in [7, 11) is 0. The minimum Gasteiger partial charge on any atom is -0.459 e. The Morgan fingerprint density at radius 1 is 0.933 bits per heavy atom. The zero-order valence-corrected chi connectivity index (χ0v) is 17.3. The number of ether oxygens (including phenoxy) is 1. The van der Waals surface area contributed by atoms with Gasteiger partial charge in [-0.05, 0) is 23.3 Å². The molecule has 150 valence electrons. The highest BCUT2D eigenvalue weighted by Gasteiger charge is 2.32. The van der Waals surface area contributed by atoms with Crippen molar-refractivity contribution in [3.63, 3.8) is 0 Å². The molecule has 2 heterocycles. The number of hydrogen-bond acceptors (Lipinski definition) is 5. The Morgan fingerprint density at radius 2 is 1.53 bits per heavy atom. The van der Waals surface area contributed by atoms with Gasteiger partial charge < -0.3 is 9.64 Å². The van der Waals surface area contributed by atoms with Gasteiger partial charge in [-0.1, -0.05) is 84.1 Å². The molecular formula is C25H22N2O2S. The van der Waals surface area contributed by atoms with E-state index in [9.17, 15) is 4.79 Å². The van der Waals surface area contributed by atoms with Gasteiger partial charge in [0, 0.05) is 5.92 Å². The monoisotopic (exact) mass is 414 g/mol. The number of carbonyl (C=O) groups is 1. The van der Waals surface area contributed by atoms with Crippen molar-refractivity contribution in [2.75, 3.05) is 18.0 Å². The molecule has 1 aliphatic heterocycles. The number of anilines is 1. The van der Waals surface area contributed by atoms with Crippen LogP contribution in [0.25, 0.3) is 10.2 Å². The number of benzene rings is 3. The summed E-state index contributed by atoms with van der Waals surface area (Å²) in [5.41, 5.74) is 3.28. The molecule has 5 rings (SSSR count). The molecule has 0 atom stereocenters. The Morgan fingerprint density at radius 3 is 2.17 bits per heavy atom. The first kappa shape index (κ1) is 18.8. The van der Waals surface area contributed by atoms with Crippen LogP contribution in [-0.4, -0.2) is 30.1 Å². The first-order valence-corrected chi connectivity index (χ1v) is 11.0. The van der Waals surface area contributed by atoms with Gasteiger partial charge in [-0.25, -0.2) is 4.98 Å². The SMILES string of the molecule is O=C(CC(c1ccccc1)c1ccccc1)OC1CN(c2nc3ccccc3s2)C1. The van der Waals surface area contributed by atoms with E-state index in [1.807, 2.05) is 54.6 Å². The quantitative estimate of drug-likeness (QED) is 0.404. The van der Waals surface area contributed by atoms with E-state index in [1.165, 1.54) is 4.70 Å². The molecule has 0 saturated carbocycles. The number of hydrogen-bond donors (Lipinski definition) is 0. The molecule has 0 unspecified atom stereocenters. The molecule has 0 N–H and O–H groups in total. The van der Waals surface area contributed by atoms with Gasteiger partial charge in [-0.15, -0.1) is 0 Å². The molecule has 5 heteroatoms. The Bertz CT molecular complexity index is 1070. The number of fused-ring (bicyclic) bond motifs is 1. The molecule has 1 aliphatic rings. The van der Waals surface area contributed by atoms with Crippen LogP contribution in [-0.2, 0) is 9.53 Å². The molecular weight excluding hydrogens is 392 g/mol. The van der Waals surface area contributed by atoms with E-state index in [2.05, 4.69) is 40.2 Å². The first-order valence-electron chi connectivity index (χ1n) is 10.2. The molecule has 1 aromatic heterocycles. The zero-order chi connectivity index (χ0) is 20.3. The minimum atomic E-state index is -0.151. The number of esters is 1. The maximum Gasteiger partial charge on any atom is 0.307 e. The van der Waals surface area contributed by atoms with Gasteiger partial charge in [0.2, 0.25) is 0 Å². The summed E-state index contributed by atoms with van der Waals surface area (Å²) in [4.78, 5) is 19.6. The molecule has 4 nitrogen and oxygen atoms in total. The van der Waals surface area contributed by atoms with Crippen LogP contribution in [0.4, 0.5) is 5.13 Å². The van der Waals surface area contributed by atoms with E-state index >= 15 is 0 Å². The van der Waals surface area contributed by atoms with E-state index in [-0.39, 0.29) is 18.0 Å². The Balaban J connectivity index is 1.22. The van der Waals surface area contributed by atoms with Gasteiger partial charge in [0.1, 0.15) is 6.10 Å². The second kappa shape index (κ2) is 8.28. The predicted octanol–water partition coefficient (Wildman–Crippen LogP) is 5.25. The second-order valence-corrected chi connectivity index (χ2v) is 8.57. The van der Waals surface area contributed by atoms with Crippen molar-refractivity contribution in [3.8, 4) is 0 Å². The number of rotatable bonds is 6. The van der Waals surface area contributed by atoms with Crippen LogP contribution < -0.4 is 4.90 Å². The highest BCUT2D eigenvalue weighted by molar-refractivity contribution is 7.22. The van der Waals surface area contributed by atoms with Gasteiger partial charge in [0.05, 0.1) is 29.7 Å². The van der Waals surface area contributed by atoms with Gasteiger partial charge in [0.25, 0.3) is 0 Å². The standard InChI is InChI=1S/C25H22N2O2S/c28-24(15-21(18-9-3-1-4-10-18)19-11-5-2-6-12-19)29-20-16-27(17-20)25-26-22-13-7-8-14-23(22)30-25/h1-14,20-21H,15-17H2. The molecule has 30 heavy (non-hydrogen) atoms. The lowest BCUT2D eigenvalue weighted by atomic mass is 9.88. The van der Waals surface area contributed by atoms with E-state index in [1.54, 1.807) is 11.3 Å². The highest BCUT2D eigenvalue weighted by atomic mass is 32.1. The Kier molecular flexibility index (Phi) is 5.20. The van der Waals surface area contributed by atoms with Crippen molar-refractivity contribution >= 4 is 32.7 Å². The third-order valence-electron chi connectivity index (χ3n) is 5.47. The fourth-order valence-electron chi connectivity index (χ4n) is 3.86. The van der Waals surface area contributed by atoms with Crippen molar-refractivity contribution in [2.24, 2.45) is 0 Å². The van der Waals surface area contributed by atoms with Gasteiger partial charge in [-0.3, -0.25) is 4.79 Å². The summed E-state index contributed by atoms with van der Waals surface area (Å²) in [5, 5.41) is 0.995. The van der Waals surface area contributed by atoms with Gasteiger partial charge in [-0.2, -0.15) is 0 Å². The summed E-state index contributed by atoms with van der Waals surface area (Å²) in [6.45, 7) is 1.40. The lowest BCUT2D eigenvalue weighted by Crippen LogP contribution is -2.53. The lowest BCUT2D eigenvalue weighted by Gasteiger charge is -2.38. The molecule has 1 fully saturated rings. The van der Waals surface area contributed by atoms with Crippen molar-refractivity contribution in [3.05, 3.63) is 96.1 Å². The molecule has 3 aromatic carbocycles. The highest BCUT2D eigenvalue weighted by Crippen LogP contribution is 2.33. The third-order valence-corrected chi connectivity index (χ3v) is 6.57. The Labute approximate surface area is 179 Å². The average molecular weight is 415 g/mol. The van der Waals surface area contributed by atoms with Crippen molar-refractivity contribution in [2.45, 2.75) is 18.4 Å². The van der Waals surface area contributed by atoms with Crippen LogP contribution in [0.3, 0.4) is 0 Å². The van der Waals surface area contributed by atoms with Crippen LogP contribution in [0.15, 0.2) is 84.9 Å². The molecule has 0 bridgehead atoms. The number of nitrogens with zero attached hydrogens (tertiary/aromatic N) is 2. The van der Waals surface area contributed by atoms with Crippen LogP contribution in [0.2, 0.25) is 0 Å². The lowest BCUT2D eigenvalue weighted by molar-refractivity contribution is -0.150. The van der Waals surface area contributed by atoms with Crippen LogP contribution in [0.1, 0.15) is 23.5 Å². The second-order valence-electron chi connectivity index (χ2n) is 7.56. The van der Waals surface area contributed by atoms with Crippen molar-refractivity contribution in [1.29, 1.82) is 0 Å². The zero-order valence-electron chi connectivity index (χ0n) is 16.5. The van der Waals surface area contributed by atoms with E-state index in [0.717, 1.165) is 21.8 Å². The smallest absolute Gasteiger partial charge is 0.307 e. The molecule has 1 saturated heterocycles. The Hall–Kier alpha value is -3.18. The number of thiazole rings is 1. The fourth-order valence-corrected chi connectivity index (χ4v) is 4.85. The molecule has 0 aliphatic carbocycles. The largest absolute Gasteiger partial charge is 0.459 e. The van der Waals surface area contributed by atoms with Crippen molar-refractivity contribution < 1.29 is 9.53 Å². The molecule has 0 amide bonds. The molecule has 0 spiro atoms. The summed E-state index contributed by atoms with van der Waals surface area (Å²) in [6, 6.07) is 28.5. The molecule has 4 aromatic rings. The van der Waals surface area contributed by atoms with Crippen LogP contribution in [0.5, 0.6) is 0 Å². The van der Waals surface area contributed by atoms with E-state index < -0.39 is 0 Å². The predicted molar refractivity (Wildman–Crippen MR) is 121 cm³/mol. The fraction of sp³-hybridized carbons (Fsp3) is 0.200. The topological polar surface area (TPSA) is 42.4 Å². The number of carbonyl (C=O) groups excluding carboxylic acids is 1. The third kappa shape index (κ3) is 3.94. The van der Waals surface area contributed by atoms with E-state index in [4.69, 9.17) is 4.74 Å². The van der Waals surface area contributed by atoms with E-state index in [0.29, 0.717) is 19.5 Å². The summed E-state index contributed by atoms with van der Waals surface area (Å²) < 4.78 is 6.96. The summed E-state index contributed by atoms with van der Waals surface area (Å²) >= 11 is 1.68. The van der Waals surface area contributed by atoms with Crippen molar-refractivity contribution in [1.82, 2.24) is 4.98 Å². The number of para-hydroxylation sites is 1. The van der Waals surface area contributed by atoms with Crippen LogP contribution in [0, 0.1) is 0 Å². The maximum atomic E-state index is 12.7. The average Bonchev–Trinajstić information content (AvgIpc) is 3.19. The van der Waals surface area contributed by atoms with Crippen LogP contribution >= 0.6 is 11.3 Å². The molecule has 0 radical (unpaired) electrons. The minimum absolute atomic E-state index is 0.000316. The first-order chi connectivity index (χ1) is 14.8.